The summed E-state index contributed by atoms with van der Waals surface area (Å²) in [5.74, 6) is 0. The molecule has 0 amide bonds. The first-order valence-electron chi connectivity index (χ1n) is 7.50. The van der Waals surface area contributed by atoms with Gasteiger partial charge in [-0.1, -0.05) is 66.2 Å². The van der Waals surface area contributed by atoms with Crippen molar-refractivity contribution in [3.8, 4) is 0 Å². The summed E-state index contributed by atoms with van der Waals surface area (Å²) in [4.78, 5) is 0. The maximum absolute atomic E-state index is 2.47. The van der Waals surface area contributed by atoms with Crippen molar-refractivity contribution in [2.45, 2.75) is 96.8 Å². The van der Waals surface area contributed by atoms with Gasteiger partial charge in [-0.3, -0.25) is 0 Å². The lowest BCUT2D eigenvalue weighted by molar-refractivity contribution is 0.622. The smallest absolute Gasteiger partial charge is 0.0237 e. The van der Waals surface area contributed by atoms with E-state index in [-0.39, 0.29) is 0 Å². The van der Waals surface area contributed by atoms with Gasteiger partial charge in [-0.15, -0.1) is 8.58 Å². The lowest BCUT2D eigenvalue weighted by atomic mass is 10.1. The van der Waals surface area contributed by atoms with E-state index in [0.29, 0.717) is 0 Å². The molecule has 1 heteroatoms. The fourth-order valence-electron chi connectivity index (χ4n) is 2.23. The minimum absolute atomic E-state index is 0.984. The van der Waals surface area contributed by atoms with Gasteiger partial charge in [0.15, 0.2) is 0 Å². The molecule has 0 rings (SSSR count). The predicted octanol–water partition coefficient (Wildman–Crippen LogP) is 5.99. The molecule has 0 N–H and O–H groups in total. The summed E-state index contributed by atoms with van der Waals surface area (Å²) in [5.41, 5.74) is 2.02. The van der Waals surface area contributed by atoms with E-state index in [4.69, 9.17) is 0 Å². The van der Waals surface area contributed by atoms with Crippen molar-refractivity contribution in [3.63, 3.8) is 0 Å². The third-order valence-corrected chi connectivity index (χ3v) is 5.44. The Bertz CT molecular complexity index is 133. The van der Waals surface area contributed by atoms with Crippen LogP contribution in [0.2, 0.25) is 0 Å². The molecule has 3 atom stereocenters. The van der Waals surface area contributed by atoms with E-state index < -0.39 is 0 Å². The molecule has 0 aromatic heterocycles. The maximum atomic E-state index is 2.47. The van der Waals surface area contributed by atoms with Gasteiger partial charge >= 0.3 is 0 Å². The van der Waals surface area contributed by atoms with E-state index in [2.05, 4.69) is 27.7 Å². The van der Waals surface area contributed by atoms with Crippen LogP contribution in [0.1, 0.15) is 85.5 Å². The highest BCUT2D eigenvalue weighted by atomic mass is 31.1. The second-order valence-corrected chi connectivity index (χ2v) is 7.30. The van der Waals surface area contributed by atoms with Crippen molar-refractivity contribution in [1.29, 1.82) is 0 Å². The first-order valence-corrected chi connectivity index (χ1v) is 8.66. The number of hydrogen-bond donors (Lipinski definition) is 0. The highest BCUT2D eigenvalue weighted by Gasteiger charge is 2.10. The second-order valence-electron chi connectivity index (χ2n) is 5.16. The second kappa shape index (κ2) is 11.9. The Hall–Kier alpha value is 0.430. The van der Waals surface area contributed by atoms with Crippen molar-refractivity contribution in [1.82, 2.24) is 0 Å². The highest BCUT2D eigenvalue weighted by Crippen LogP contribution is 2.34. The summed E-state index contributed by atoms with van der Waals surface area (Å²) in [7, 11) is 1.22. The van der Waals surface area contributed by atoms with Crippen LogP contribution in [-0.2, 0) is 0 Å². The van der Waals surface area contributed by atoms with E-state index in [9.17, 15) is 0 Å². The van der Waals surface area contributed by atoms with Crippen LogP contribution < -0.4 is 0 Å². The standard InChI is InChI=1S/C15H33P/c1-5-8-10-12-14(4)16-15(7-3)13-11-9-6-2/h14-16H,5-13H2,1-4H3. The summed E-state index contributed by atoms with van der Waals surface area (Å²) in [6, 6.07) is 0. The lowest BCUT2D eigenvalue weighted by Crippen LogP contribution is -2.05. The third-order valence-electron chi connectivity index (χ3n) is 3.41. The van der Waals surface area contributed by atoms with Crippen LogP contribution in [0, 0.1) is 0 Å². The van der Waals surface area contributed by atoms with E-state index in [1.807, 2.05) is 0 Å². The van der Waals surface area contributed by atoms with Gasteiger partial charge in [0, 0.05) is 0 Å². The highest BCUT2D eigenvalue weighted by molar-refractivity contribution is 7.39. The molecule has 0 nitrogen and oxygen atoms in total. The maximum Gasteiger partial charge on any atom is -0.0237 e. The van der Waals surface area contributed by atoms with Crippen LogP contribution in [0.4, 0.5) is 0 Å². The molecule has 0 aliphatic rings. The first-order chi connectivity index (χ1) is 7.74. The van der Waals surface area contributed by atoms with E-state index >= 15 is 0 Å². The normalized spacial score (nSPS) is 15.8. The Balaban J connectivity index is 3.57. The van der Waals surface area contributed by atoms with Gasteiger partial charge in [0.2, 0.25) is 0 Å². The zero-order chi connectivity index (χ0) is 12.2. The van der Waals surface area contributed by atoms with Crippen molar-refractivity contribution >= 4 is 8.58 Å². The van der Waals surface area contributed by atoms with Gasteiger partial charge in [-0.2, -0.15) is 0 Å². The molecule has 3 unspecified atom stereocenters. The molecule has 0 aliphatic heterocycles. The van der Waals surface area contributed by atoms with Crippen LogP contribution in [-0.4, -0.2) is 11.3 Å². The molecule has 0 spiro atoms. The van der Waals surface area contributed by atoms with Crippen molar-refractivity contribution in [2.75, 3.05) is 0 Å². The van der Waals surface area contributed by atoms with E-state index in [1.165, 1.54) is 66.4 Å². The summed E-state index contributed by atoms with van der Waals surface area (Å²) in [5, 5.41) is 0. The molecule has 0 aromatic rings. The Labute approximate surface area is 106 Å². The Morgan fingerprint density at radius 1 is 0.812 bits per heavy atom. The van der Waals surface area contributed by atoms with Gasteiger partial charge in [-0.05, 0) is 30.6 Å². The molecule has 0 bridgehead atoms. The Morgan fingerprint density at radius 3 is 1.88 bits per heavy atom. The zero-order valence-corrected chi connectivity index (χ0v) is 13.0. The van der Waals surface area contributed by atoms with Gasteiger partial charge in [0.25, 0.3) is 0 Å². The third kappa shape index (κ3) is 9.64. The van der Waals surface area contributed by atoms with Gasteiger partial charge < -0.3 is 0 Å². The molecule has 0 heterocycles. The van der Waals surface area contributed by atoms with Gasteiger partial charge in [0.1, 0.15) is 0 Å². The molecular weight excluding hydrogens is 211 g/mol. The molecule has 98 valence electrons. The lowest BCUT2D eigenvalue weighted by Gasteiger charge is -2.20. The van der Waals surface area contributed by atoms with Crippen LogP contribution in [0.25, 0.3) is 0 Å². The monoisotopic (exact) mass is 244 g/mol. The molecule has 16 heavy (non-hydrogen) atoms. The van der Waals surface area contributed by atoms with Crippen molar-refractivity contribution in [3.05, 3.63) is 0 Å². The average molecular weight is 244 g/mol. The van der Waals surface area contributed by atoms with Crippen LogP contribution in [0.3, 0.4) is 0 Å². The minimum Gasteiger partial charge on any atom is -0.116 e. The van der Waals surface area contributed by atoms with Crippen molar-refractivity contribution in [2.24, 2.45) is 0 Å². The topological polar surface area (TPSA) is 0 Å². The molecule has 0 radical (unpaired) electrons. The predicted molar refractivity (Wildman–Crippen MR) is 80.1 cm³/mol. The number of rotatable bonds is 11. The van der Waals surface area contributed by atoms with Crippen molar-refractivity contribution < 1.29 is 0 Å². The molecule has 0 aliphatic carbocycles. The number of hydrogen-bond acceptors (Lipinski definition) is 0. The Kier molecular flexibility index (Phi) is 12.2. The molecule has 0 saturated heterocycles. The quantitative estimate of drug-likeness (QED) is 0.309. The Morgan fingerprint density at radius 2 is 1.38 bits per heavy atom. The zero-order valence-electron chi connectivity index (χ0n) is 12.0. The average Bonchev–Trinajstić information content (AvgIpc) is 2.28. The summed E-state index contributed by atoms with van der Waals surface area (Å²) in [6.45, 7) is 9.45. The summed E-state index contributed by atoms with van der Waals surface area (Å²) < 4.78 is 0. The minimum atomic E-state index is 0.984. The van der Waals surface area contributed by atoms with Gasteiger partial charge in [-0.25, -0.2) is 0 Å². The van der Waals surface area contributed by atoms with Crippen LogP contribution in [0.5, 0.6) is 0 Å². The van der Waals surface area contributed by atoms with Crippen LogP contribution >= 0.6 is 8.58 Å². The molecular formula is C15H33P. The molecule has 0 fully saturated rings. The number of unbranched alkanes of at least 4 members (excludes halogenated alkanes) is 4. The summed E-state index contributed by atoms with van der Waals surface area (Å²) >= 11 is 0. The van der Waals surface area contributed by atoms with Gasteiger partial charge in [0.05, 0.1) is 0 Å². The van der Waals surface area contributed by atoms with Crippen LogP contribution in [0.15, 0.2) is 0 Å². The SMILES string of the molecule is CCCCCC(C)PC(CC)CCCCC. The molecule has 0 saturated carbocycles. The summed E-state index contributed by atoms with van der Waals surface area (Å²) in [6.07, 6.45) is 12.9. The van der Waals surface area contributed by atoms with E-state index in [1.54, 1.807) is 0 Å². The fraction of sp³-hybridized carbons (Fsp3) is 1.00. The largest absolute Gasteiger partial charge is 0.116 e. The van der Waals surface area contributed by atoms with E-state index in [0.717, 1.165) is 11.3 Å². The fourth-order valence-corrected chi connectivity index (χ4v) is 4.01. The molecule has 0 aromatic carbocycles. The first kappa shape index (κ1) is 16.4.